The maximum absolute atomic E-state index is 10.7. The molecule has 3 heteroatoms. The first-order valence-electron chi connectivity index (χ1n) is 4.67. The summed E-state index contributed by atoms with van der Waals surface area (Å²) in [7, 11) is 0. The second kappa shape index (κ2) is 4.13. The second-order valence-electron chi connectivity index (χ2n) is 3.73. The van der Waals surface area contributed by atoms with E-state index in [4.69, 9.17) is 5.73 Å². The number of primary amides is 1. The third-order valence-corrected chi connectivity index (χ3v) is 2.09. The first-order valence-corrected chi connectivity index (χ1v) is 4.67. The van der Waals surface area contributed by atoms with E-state index in [2.05, 4.69) is 25.2 Å². The minimum absolute atomic E-state index is 0.372. The number of nitrogens with two attached hydrogens (primary N) is 1. The van der Waals surface area contributed by atoms with Gasteiger partial charge < -0.3 is 11.1 Å². The Hall–Kier alpha value is -1.51. The molecule has 0 bridgehead atoms. The van der Waals surface area contributed by atoms with Gasteiger partial charge in [-0.2, -0.15) is 0 Å². The number of benzene rings is 1. The maximum Gasteiger partial charge on any atom is 0.316 e. The van der Waals surface area contributed by atoms with Crippen LogP contribution in [0.25, 0.3) is 0 Å². The summed E-state index contributed by atoms with van der Waals surface area (Å²) < 4.78 is 0. The van der Waals surface area contributed by atoms with Crippen LogP contribution in [0.1, 0.15) is 30.9 Å². The van der Waals surface area contributed by atoms with Crippen molar-refractivity contribution in [1.82, 2.24) is 0 Å². The average molecular weight is 192 g/mol. The van der Waals surface area contributed by atoms with Crippen molar-refractivity contribution in [3.05, 3.63) is 29.3 Å². The number of nitrogens with one attached hydrogen (secondary N) is 1. The molecule has 0 aromatic heterocycles. The summed E-state index contributed by atoms with van der Waals surface area (Å²) in [6, 6.07) is 5.39. The Morgan fingerprint density at radius 3 is 2.57 bits per heavy atom. The highest BCUT2D eigenvalue weighted by molar-refractivity contribution is 5.88. The fraction of sp³-hybridized carbons (Fsp3) is 0.364. The van der Waals surface area contributed by atoms with E-state index in [0.29, 0.717) is 5.92 Å². The van der Waals surface area contributed by atoms with Crippen molar-refractivity contribution < 1.29 is 4.79 Å². The van der Waals surface area contributed by atoms with Crippen molar-refractivity contribution in [2.45, 2.75) is 26.7 Å². The summed E-state index contributed by atoms with van der Waals surface area (Å²) in [6.07, 6.45) is 0. The van der Waals surface area contributed by atoms with E-state index in [-0.39, 0.29) is 0 Å². The van der Waals surface area contributed by atoms with E-state index in [1.54, 1.807) is 0 Å². The van der Waals surface area contributed by atoms with Gasteiger partial charge in [-0.25, -0.2) is 4.79 Å². The van der Waals surface area contributed by atoms with Gasteiger partial charge in [-0.3, -0.25) is 0 Å². The Morgan fingerprint density at radius 2 is 2.07 bits per heavy atom. The number of hydrogen-bond donors (Lipinski definition) is 2. The summed E-state index contributed by atoms with van der Waals surface area (Å²) in [5.41, 5.74) is 8.18. The largest absolute Gasteiger partial charge is 0.351 e. The van der Waals surface area contributed by atoms with Gasteiger partial charge in [-0.1, -0.05) is 31.5 Å². The molecule has 0 aliphatic heterocycles. The van der Waals surface area contributed by atoms with Gasteiger partial charge >= 0.3 is 6.03 Å². The molecular weight excluding hydrogens is 176 g/mol. The number of aryl methyl sites for hydroxylation is 1. The van der Waals surface area contributed by atoms with Crippen LogP contribution in [-0.2, 0) is 0 Å². The summed E-state index contributed by atoms with van der Waals surface area (Å²) in [6.45, 7) is 6.20. The topological polar surface area (TPSA) is 55.1 Å². The molecule has 0 saturated heterocycles. The van der Waals surface area contributed by atoms with Crippen LogP contribution in [0.2, 0.25) is 0 Å². The Morgan fingerprint density at radius 1 is 1.43 bits per heavy atom. The molecule has 1 aromatic carbocycles. The van der Waals surface area contributed by atoms with Crippen LogP contribution in [0, 0.1) is 6.92 Å². The second-order valence-corrected chi connectivity index (χ2v) is 3.73. The number of amides is 2. The molecular formula is C11H16N2O. The van der Waals surface area contributed by atoms with Gasteiger partial charge in [-0.15, -0.1) is 0 Å². The minimum atomic E-state index is -0.518. The van der Waals surface area contributed by atoms with Gasteiger partial charge in [0.1, 0.15) is 0 Å². The molecule has 0 fully saturated rings. The van der Waals surface area contributed by atoms with Gasteiger partial charge in [0, 0.05) is 5.69 Å². The summed E-state index contributed by atoms with van der Waals surface area (Å²) in [5.74, 6) is 0.372. The molecule has 2 amide bonds. The van der Waals surface area contributed by atoms with Crippen molar-refractivity contribution in [2.75, 3.05) is 5.32 Å². The molecule has 0 aliphatic rings. The Kier molecular flexibility index (Phi) is 3.12. The lowest BCUT2D eigenvalue weighted by molar-refractivity contribution is 0.259. The van der Waals surface area contributed by atoms with Crippen LogP contribution in [0.3, 0.4) is 0 Å². The van der Waals surface area contributed by atoms with Crippen LogP contribution in [0.4, 0.5) is 10.5 Å². The summed E-state index contributed by atoms with van der Waals surface area (Å²) >= 11 is 0. The molecule has 3 N–H and O–H groups in total. The van der Waals surface area contributed by atoms with Gasteiger partial charge in [0.25, 0.3) is 0 Å². The Bertz CT molecular complexity index is 345. The average Bonchev–Trinajstić information content (AvgIpc) is 2.07. The molecule has 0 spiro atoms. The standard InChI is InChI=1S/C11H16N2O/c1-7(2)9-6-8(3)4-5-10(9)13-11(12)14/h4-7H,1-3H3,(H3,12,13,14). The van der Waals surface area contributed by atoms with E-state index in [9.17, 15) is 4.79 Å². The Labute approximate surface area is 84.3 Å². The van der Waals surface area contributed by atoms with Gasteiger partial charge in [0.2, 0.25) is 0 Å². The quantitative estimate of drug-likeness (QED) is 0.743. The predicted molar refractivity (Wildman–Crippen MR) is 58.5 cm³/mol. The monoisotopic (exact) mass is 192 g/mol. The molecule has 1 aromatic rings. The zero-order valence-electron chi connectivity index (χ0n) is 8.79. The van der Waals surface area contributed by atoms with Crippen molar-refractivity contribution in [1.29, 1.82) is 0 Å². The third kappa shape index (κ3) is 2.49. The zero-order chi connectivity index (χ0) is 10.7. The number of carbonyl (C=O) groups is 1. The highest BCUT2D eigenvalue weighted by atomic mass is 16.2. The first-order chi connectivity index (χ1) is 6.50. The molecule has 0 unspecified atom stereocenters. The SMILES string of the molecule is Cc1ccc(NC(N)=O)c(C(C)C)c1. The smallest absolute Gasteiger partial charge is 0.316 e. The fourth-order valence-electron chi connectivity index (χ4n) is 1.41. The summed E-state index contributed by atoms with van der Waals surface area (Å²) in [4.78, 5) is 10.7. The van der Waals surface area contributed by atoms with Crippen LogP contribution >= 0.6 is 0 Å². The number of urea groups is 1. The molecule has 0 atom stereocenters. The van der Waals surface area contributed by atoms with E-state index >= 15 is 0 Å². The van der Waals surface area contributed by atoms with E-state index in [0.717, 1.165) is 11.3 Å². The number of anilines is 1. The van der Waals surface area contributed by atoms with Crippen molar-refractivity contribution in [3.8, 4) is 0 Å². The Balaban J connectivity index is 3.08. The molecule has 0 saturated carbocycles. The van der Waals surface area contributed by atoms with Gasteiger partial charge in [-0.05, 0) is 24.5 Å². The lowest BCUT2D eigenvalue weighted by Gasteiger charge is -2.13. The third-order valence-electron chi connectivity index (χ3n) is 2.09. The maximum atomic E-state index is 10.7. The minimum Gasteiger partial charge on any atom is -0.351 e. The lowest BCUT2D eigenvalue weighted by atomic mass is 9.99. The van der Waals surface area contributed by atoms with Crippen LogP contribution in [-0.4, -0.2) is 6.03 Å². The van der Waals surface area contributed by atoms with Crippen LogP contribution < -0.4 is 11.1 Å². The van der Waals surface area contributed by atoms with E-state index < -0.39 is 6.03 Å². The highest BCUT2D eigenvalue weighted by Crippen LogP contribution is 2.24. The molecule has 0 aliphatic carbocycles. The van der Waals surface area contributed by atoms with E-state index in [1.165, 1.54) is 5.56 Å². The molecule has 14 heavy (non-hydrogen) atoms. The van der Waals surface area contributed by atoms with Gasteiger partial charge in [0.05, 0.1) is 0 Å². The molecule has 3 nitrogen and oxygen atoms in total. The molecule has 76 valence electrons. The number of carbonyl (C=O) groups excluding carboxylic acids is 1. The predicted octanol–water partition coefficient (Wildman–Crippen LogP) is 2.61. The van der Waals surface area contributed by atoms with Crippen molar-refractivity contribution in [3.63, 3.8) is 0 Å². The van der Waals surface area contributed by atoms with E-state index in [1.807, 2.05) is 19.1 Å². The molecule has 1 rings (SSSR count). The fourth-order valence-corrected chi connectivity index (χ4v) is 1.41. The molecule has 0 radical (unpaired) electrons. The lowest BCUT2D eigenvalue weighted by Crippen LogP contribution is -2.20. The highest BCUT2D eigenvalue weighted by Gasteiger charge is 2.07. The number of hydrogen-bond acceptors (Lipinski definition) is 1. The van der Waals surface area contributed by atoms with Crippen LogP contribution in [0.5, 0.6) is 0 Å². The normalized spacial score (nSPS) is 10.3. The van der Waals surface area contributed by atoms with Crippen molar-refractivity contribution in [2.24, 2.45) is 5.73 Å². The van der Waals surface area contributed by atoms with Gasteiger partial charge in [0.15, 0.2) is 0 Å². The van der Waals surface area contributed by atoms with Crippen LogP contribution in [0.15, 0.2) is 18.2 Å². The molecule has 0 heterocycles. The first kappa shape index (κ1) is 10.6. The number of rotatable bonds is 2. The van der Waals surface area contributed by atoms with Crippen molar-refractivity contribution >= 4 is 11.7 Å². The summed E-state index contributed by atoms with van der Waals surface area (Å²) in [5, 5.41) is 2.62. The zero-order valence-corrected chi connectivity index (χ0v) is 8.79.